The van der Waals surface area contributed by atoms with Crippen LogP contribution in [0.1, 0.15) is 51.3 Å². The van der Waals surface area contributed by atoms with Crippen LogP contribution in [0.4, 0.5) is 31.5 Å². The van der Waals surface area contributed by atoms with Crippen molar-refractivity contribution in [3.8, 4) is 50.7 Å². The number of halogens is 2. The average molecular weight is 907 g/mol. The van der Waals surface area contributed by atoms with Crippen LogP contribution in [-0.2, 0) is 18.3 Å². The number of aromatic nitrogens is 2. The number of hydrogen-bond donors (Lipinski definition) is 0. The van der Waals surface area contributed by atoms with Gasteiger partial charge in [-0.1, -0.05) is 132 Å². The Morgan fingerprint density at radius 1 is 0.536 bits per heavy atom. The van der Waals surface area contributed by atoms with Crippen LogP contribution in [0, 0.1) is 11.6 Å². The molecule has 0 radical (unpaired) electrons. The van der Waals surface area contributed by atoms with Crippen LogP contribution in [0.15, 0.2) is 188 Å². The van der Waals surface area contributed by atoms with Gasteiger partial charge < -0.3 is 14.5 Å². The van der Waals surface area contributed by atoms with Crippen LogP contribution in [-0.4, -0.2) is 16.2 Å². The highest BCUT2D eigenvalue weighted by Gasteiger charge is 2.32. The summed E-state index contributed by atoms with van der Waals surface area (Å²) in [4.78, 5) is 9.51. The summed E-state index contributed by atoms with van der Waals surface area (Å²) in [5, 5.41) is 2.26. The summed E-state index contributed by atoms with van der Waals surface area (Å²) >= 11 is 0. The quantitative estimate of drug-likeness (QED) is 0.137. The summed E-state index contributed by atoms with van der Waals surface area (Å²) in [5.74, 6) is 1.00. The fourth-order valence-corrected chi connectivity index (χ4v) is 10.2. The molecule has 11 rings (SSSR count). The molecule has 5 nitrogen and oxygen atoms in total. The Hall–Kier alpha value is -8.03. The molecule has 0 unspecified atom stereocenters. The number of nitrogens with zero attached hydrogens (tertiary/aromatic N) is 4. The van der Waals surface area contributed by atoms with Gasteiger partial charge in [-0.25, -0.2) is 13.8 Å². The summed E-state index contributed by atoms with van der Waals surface area (Å²) < 4.78 is 39.4. The molecule has 0 spiro atoms. The first kappa shape index (κ1) is 43.5. The van der Waals surface area contributed by atoms with E-state index in [2.05, 4.69) is 176 Å². The van der Waals surface area contributed by atoms with Crippen LogP contribution in [0.25, 0.3) is 61.0 Å². The standard InChI is InChI=1S/C62H52F2N4O/c1-6-40-19-15-20-41(7-2)60(40)44-33-48(37-50(34-44)69-49-27-28-54-53-21-11-12-24-55(53)68(58(54)38-49)59-35-45(29-30-65-59)62(3,4)5)66-39-67(57-26-14-13-25-56(57)66)61-51(42-17-9-8-10-18-42)22-16-23-52(61)43-31-46(63)36-47(64)32-43/h8-38H,6-7,39H2,1-5H3. The van der Waals surface area contributed by atoms with E-state index < -0.39 is 11.6 Å². The van der Waals surface area contributed by atoms with Gasteiger partial charge in [0.25, 0.3) is 0 Å². The van der Waals surface area contributed by atoms with E-state index in [4.69, 9.17) is 9.72 Å². The zero-order chi connectivity index (χ0) is 47.4. The van der Waals surface area contributed by atoms with E-state index in [0.29, 0.717) is 23.7 Å². The van der Waals surface area contributed by atoms with Crippen molar-refractivity contribution in [2.45, 2.75) is 52.9 Å². The Labute approximate surface area is 402 Å². The molecule has 69 heavy (non-hydrogen) atoms. The smallest absolute Gasteiger partial charge is 0.137 e. The fraction of sp³-hybridized carbons (Fsp3) is 0.145. The molecule has 8 aromatic carbocycles. The van der Waals surface area contributed by atoms with Gasteiger partial charge in [-0.3, -0.25) is 4.57 Å². The minimum atomic E-state index is -0.625. The molecule has 10 aromatic rings. The second-order valence-corrected chi connectivity index (χ2v) is 18.9. The van der Waals surface area contributed by atoms with Gasteiger partial charge in [-0.2, -0.15) is 0 Å². The molecule has 0 atom stereocenters. The third-order valence-corrected chi connectivity index (χ3v) is 13.5. The summed E-state index contributed by atoms with van der Waals surface area (Å²) in [5.41, 5.74) is 14.9. The number of para-hydroxylation sites is 4. The monoisotopic (exact) mass is 906 g/mol. The summed E-state index contributed by atoms with van der Waals surface area (Å²) in [7, 11) is 0. The topological polar surface area (TPSA) is 33.5 Å². The first-order valence-corrected chi connectivity index (χ1v) is 23.8. The highest BCUT2D eigenvalue weighted by Crippen LogP contribution is 2.51. The van der Waals surface area contributed by atoms with E-state index >= 15 is 8.78 Å². The van der Waals surface area contributed by atoms with Crippen molar-refractivity contribution in [2.75, 3.05) is 16.5 Å². The maximum atomic E-state index is 15.0. The Morgan fingerprint density at radius 3 is 1.91 bits per heavy atom. The van der Waals surface area contributed by atoms with Crippen molar-refractivity contribution in [3.05, 3.63) is 217 Å². The largest absolute Gasteiger partial charge is 0.457 e. The molecule has 0 N–H and O–H groups in total. The summed E-state index contributed by atoms with van der Waals surface area (Å²) in [6, 6.07) is 60.6. The first-order valence-electron chi connectivity index (χ1n) is 23.8. The van der Waals surface area contributed by atoms with Gasteiger partial charge >= 0.3 is 0 Å². The van der Waals surface area contributed by atoms with Crippen molar-refractivity contribution >= 4 is 44.6 Å². The van der Waals surface area contributed by atoms with Crippen LogP contribution in [0.3, 0.4) is 0 Å². The average Bonchev–Trinajstić information content (AvgIpc) is 3.91. The maximum absolute atomic E-state index is 15.0. The predicted octanol–water partition coefficient (Wildman–Crippen LogP) is 16.9. The van der Waals surface area contributed by atoms with Gasteiger partial charge in [-0.15, -0.1) is 0 Å². The van der Waals surface area contributed by atoms with Gasteiger partial charge in [-0.05, 0) is 124 Å². The van der Waals surface area contributed by atoms with Crippen LogP contribution >= 0.6 is 0 Å². The third kappa shape index (κ3) is 7.97. The number of pyridine rings is 1. The van der Waals surface area contributed by atoms with Crippen molar-refractivity contribution in [1.29, 1.82) is 0 Å². The minimum Gasteiger partial charge on any atom is -0.457 e. The van der Waals surface area contributed by atoms with Gasteiger partial charge in [0.1, 0.15) is 35.6 Å². The molecule has 3 heterocycles. The van der Waals surface area contributed by atoms with E-state index in [1.807, 2.05) is 42.6 Å². The first-order chi connectivity index (χ1) is 33.6. The lowest BCUT2D eigenvalue weighted by Gasteiger charge is -2.27. The van der Waals surface area contributed by atoms with E-state index in [-0.39, 0.29) is 5.41 Å². The molecule has 1 aliphatic heterocycles. The Morgan fingerprint density at radius 2 is 1.19 bits per heavy atom. The Bertz CT molecular complexity index is 3530. The number of ether oxygens (including phenoxy) is 1. The van der Waals surface area contributed by atoms with Gasteiger partial charge in [0, 0.05) is 52.0 Å². The number of hydrogen-bond acceptors (Lipinski definition) is 4. The number of benzene rings is 8. The number of fused-ring (bicyclic) bond motifs is 4. The lowest BCUT2D eigenvalue weighted by atomic mass is 9.88. The van der Waals surface area contributed by atoms with Crippen molar-refractivity contribution in [2.24, 2.45) is 0 Å². The van der Waals surface area contributed by atoms with E-state index in [1.54, 1.807) is 0 Å². The van der Waals surface area contributed by atoms with Crippen molar-refractivity contribution < 1.29 is 13.5 Å². The van der Waals surface area contributed by atoms with Crippen molar-refractivity contribution in [3.63, 3.8) is 0 Å². The molecule has 0 aliphatic carbocycles. The minimum absolute atomic E-state index is 0.0529. The normalized spacial score (nSPS) is 12.6. The van der Waals surface area contributed by atoms with E-state index in [9.17, 15) is 0 Å². The van der Waals surface area contributed by atoms with E-state index in [0.717, 1.165) is 91.5 Å². The molecule has 1 aliphatic rings. The lowest BCUT2D eigenvalue weighted by molar-refractivity contribution is 0.483. The van der Waals surface area contributed by atoms with E-state index in [1.165, 1.54) is 34.4 Å². The number of anilines is 4. The highest BCUT2D eigenvalue weighted by atomic mass is 19.1. The molecule has 0 bridgehead atoms. The van der Waals surface area contributed by atoms with Gasteiger partial charge in [0.05, 0.1) is 28.1 Å². The lowest BCUT2D eigenvalue weighted by Crippen LogP contribution is -2.25. The number of rotatable bonds is 10. The van der Waals surface area contributed by atoms with Gasteiger partial charge in [0.15, 0.2) is 0 Å². The highest BCUT2D eigenvalue weighted by molar-refractivity contribution is 6.09. The zero-order valence-electron chi connectivity index (χ0n) is 39.5. The molecule has 340 valence electrons. The second-order valence-electron chi connectivity index (χ2n) is 18.9. The molecule has 0 saturated carbocycles. The molecule has 0 amide bonds. The van der Waals surface area contributed by atoms with Crippen LogP contribution in [0.5, 0.6) is 11.5 Å². The fourth-order valence-electron chi connectivity index (χ4n) is 10.2. The molecule has 2 aromatic heterocycles. The van der Waals surface area contributed by atoms with Crippen molar-refractivity contribution in [1.82, 2.24) is 9.55 Å². The zero-order valence-corrected chi connectivity index (χ0v) is 39.5. The molecule has 0 fully saturated rings. The summed E-state index contributed by atoms with van der Waals surface area (Å²) in [6.07, 6.45) is 3.65. The Balaban J connectivity index is 1.08. The van der Waals surface area contributed by atoms with Crippen LogP contribution in [0.2, 0.25) is 0 Å². The molecule has 7 heteroatoms. The SMILES string of the molecule is CCc1cccc(CC)c1-c1cc(Oc2ccc3c4ccccc4n(-c4cc(C(C)(C)C)ccn4)c3c2)cc(N2CN(c3c(-c4ccccc4)cccc3-c3cc(F)cc(F)c3)c3ccccc32)c1. The number of aryl methyl sites for hydroxylation is 2. The molecular formula is C62H52F2N4O. The summed E-state index contributed by atoms with van der Waals surface area (Å²) in [6.45, 7) is 11.5. The maximum Gasteiger partial charge on any atom is 0.137 e. The van der Waals surface area contributed by atoms with Crippen LogP contribution < -0.4 is 14.5 Å². The predicted molar refractivity (Wildman–Crippen MR) is 281 cm³/mol. The second kappa shape index (κ2) is 17.6. The molecular weight excluding hydrogens is 855 g/mol. The molecule has 0 saturated heterocycles. The Kier molecular flexibility index (Phi) is 11.1. The third-order valence-electron chi connectivity index (χ3n) is 13.5. The van der Waals surface area contributed by atoms with Gasteiger partial charge in [0.2, 0.25) is 0 Å².